The van der Waals surface area contributed by atoms with E-state index in [1.54, 1.807) is 13.0 Å². The number of anilines is 2. The Morgan fingerprint density at radius 3 is 2.45 bits per heavy atom. The summed E-state index contributed by atoms with van der Waals surface area (Å²) in [5.41, 5.74) is 6.86. The molecule has 0 aliphatic carbocycles. The van der Waals surface area contributed by atoms with Gasteiger partial charge in [0.1, 0.15) is 17.6 Å². The maximum Gasteiger partial charge on any atom is 0.271 e. The Morgan fingerprint density at radius 2 is 1.86 bits per heavy atom. The summed E-state index contributed by atoms with van der Waals surface area (Å²) in [6, 6.07) is 8.77. The molecule has 0 saturated carbocycles. The summed E-state index contributed by atoms with van der Waals surface area (Å²) in [4.78, 5) is 24.6. The lowest BCUT2D eigenvalue weighted by molar-refractivity contribution is -0.119. The lowest BCUT2D eigenvalue weighted by Gasteiger charge is -2.20. The molecule has 2 amide bonds. The Kier molecular flexibility index (Phi) is 5.38. The molecule has 2 aromatic carbocycles. The summed E-state index contributed by atoms with van der Waals surface area (Å²) in [5.74, 6) is -1.72. The molecule has 0 saturated heterocycles. The molecule has 29 heavy (non-hydrogen) atoms. The van der Waals surface area contributed by atoms with Crippen LogP contribution in [0.2, 0.25) is 0 Å². The fraction of sp³-hybridized carbons (Fsp3) is 0.211. The van der Waals surface area contributed by atoms with Crippen molar-refractivity contribution < 1.29 is 22.4 Å². The molecule has 10 heteroatoms. The van der Waals surface area contributed by atoms with E-state index < -0.39 is 33.5 Å². The number of rotatable bonds is 5. The first-order valence-corrected chi connectivity index (χ1v) is 10.5. The number of sulfone groups is 1. The van der Waals surface area contributed by atoms with E-state index in [0.717, 1.165) is 6.26 Å². The number of hydrogen-bond donors (Lipinski definition) is 2. The Hall–Kier alpha value is -3.27. The number of nitrogens with zero attached hydrogens (tertiary/aromatic N) is 2. The topological polar surface area (TPSA) is 122 Å². The number of halogens is 1. The van der Waals surface area contributed by atoms with Crippen molar-refractivity contribution in [2.24, 2.45) is 10.8 Å². The zero-order valence-corrected chi connectivity index (χ0v) is 16.5. The normalized spacial score (nSPS) is 16.4. The Labute approximate surface area is 167 Å². The fourth-order valence-corrected chi connectivity index (χ4v) is 3.51. The first-order valence-electron chi connectivity index (χ1n) is 8.60. The number of carbonyl (C=O) groups is 2. The minimum Gasteiger partial charge on any atom is -0.368 e. The Morgan fingerprint density at radius 1 is 1.21 bits per heavy atom. The van der Waals surface area contributed by atoms with Gasteiger partial charge in [0.15, 0.2) is 9.84 Å². The third kappa shape index (κ3) is 4.43. The van der Waals surface area contributed by atoms with Gasteiger partial charge in [0, 0.05) is 18.4 Å². The van der Waals surface area contributed by atoms with E-state index >= 15 is 0 Å². The van der Waals surface area contributed by atoms with Crippen LogP contribution in [0, 0.1) is 12.7 Å². The molecule has 3 rings (SSSR count). The summed E-state index contributed by atoms with van der Waals surface area (Å²) >= 11 is 0. The van der Waals surface area contributed by atoms with Gasteiger partial charge in [0.25, 0.3) is 5.91 Å². The van der Waals surface area contributed by atoms with Crippen molar-refractivity contribution >= 4 is 38.7 Å². The number of nitrogens with one attached hydrogen (secondary N) is 1. The molecule has 1 aliphatic heterocycles. The third-order valence-electron chi connectivity index (χ3n) is 4.48. The first kappa shape index (κ1) is 20.5. The molecule has 8 nitrogen and oxygen atoms in total. The van der Waals surface area contributed by atoms with E-state index in [0.29, 0.717) is 16.9 Å². The van der Waals surface area contributed by atoms with Crippen LogP contribution in [0.25, 0.3) is 0 Å². The SMILES string of the molecule is Cc1ccc(S(C)(=O)=O)cc1NC(=O)C1=NN(c2ccc(F)cc2)C(C(N)=O)C1. The summed E-state index contributed by atoms with van der Waals surface area (Å²) in [7, 11) is -3.45. The van der Waals surface area contributed by atoms with Crippen LogP contribution in [0.1, 0.15) is 12.0 Å². The Balaban J connectivity index is 1.88. The highest BCUT2D eigenvalue weighted by Gasteiger charge is 2.35. The van der Waals surface area contributed by atoms with Crippen LogP contribution in [-0.4, -0.2) is 38.2 Å². The predicted octanol–water partition coefficient (Wildman–Crippen LogP) is 1.60. The number of amides is 2. The van der Waals surface area contributed by atoms with E-state index in [4.69, 9.17) is 5.73 Å². The molecular weight excluding hydrogens is 399 g/mol. The van der Waals surface area contributed by atoms with Gasteiger partial charge >= 0.3 is 0 Å². The number of hydrazone groups is 1. The van der Waals surface area contributed by atoms with Crippen molar-refractivity contribution in [2.75, 3.05) is 16.6 Å². The van der Waals surface area contributed by atoms with Gasteiger partial charge in [-0.15, -0.1) is 0 Å². The molecule has 152 valence electrons. The lowest BCUT2D eigenvalue weighted by atomic mass is 10.1. The maximum atomic E-state index is 13.2. The number of aryl methyl sites for hydroxylation is 1. The molecule has 0 radical (unpaired) electrons. The van der Waals surface area contributed by atoms with Crippen LogP contribution in [0.3, 0.4) is 0 Å². The van der Waals surface area contributed by atoms with Crippen LogP contribution in [0.15, 0.2) is 52.5 Å². The van der Waals surface area contributed by atoms with Gasteiger partial charge in [0.05, 0.1) is 10.6 Å². The minimum atomic E-state index is -3.45. The van der Waals surface area contributed by atoms with Crippen molar-refractivity contribution in [2.45, 2.75) is 24.3 Å². The molecule has 0 fully saturated rings. The van der Waals surface area contributed by atoms with Crippen LogP contribution in [0.5, 0.6) is 0 Å². The van der Waals surface area contributed by atoms with Crippen LogP contribution >= 0.6 is 0 Å². The molecule has 0 aromatic heterocycles. The van der Waals surface area contributed by atoms with Gasteiger partial charge in [-0.3, -0.25) is 14.6 Å². The summed E-state index contributed by atoms with van der Waals surface area (Å²) in [5, 5.41) is 8.09. The molecule has 2 aromatic rings. The molecule has 0 bridgehead atoms. The summed E-state index contributed by atoms with van der Waals surface area (Å²) in [6.45, 7) is 1.72. The lowest BCUT2D eigenvalue weighted by Crippen LogP contribution is -2.39. The molecular formula is C19H19FN4O4S. The number of benzene rings is 2. The molecule has 1 heterocycles. The monoisotopic (exact) mass is 418 g/mol. The first-order chi connectivity index (χ1) is 13.6. The zero-order chi connectivity index (χ0) is 21.3. The largest absolute Gasteiger partial charge is 0.368 e. The molecule has 0 spiro atoms. The molecule has 1 aliphatic rings. The van der Waals surface area contributed by atoms with Gasteiger partial charge in [-0.2, -0.15) is 5.10 Å². The second-order valence-electron chi connectivity index (χ2n) is 6.69. The van der Waals surface area contributed by atoms with Crippen LogP contribution in [0.4, 0.5) is 15.8 Å². The second-order valence-corrected chi connectivity index (χ2v) is 8.71. The number of primary amides is 1. The average molecular weight is 418 g/mol. The van der Waals surface area contributed by atoms with E-state index in [9.17, 15) is 22.4 Å². The summed E-state index contributed by atoms with van der Waals surface area (Å²) < 4.78 is 36.7. The van der Waals surface area contributed by atoms with Gasteiger partial charge in [-0.05, 0) is 48.9 Å². The van der Waals surface area contributed by atoms with Gasteiger partial charge in [-0.1, -0.05) is 6.07 Å². The van der Waals surface area contributed by atoms with Crippen molar-refractivity contribution in [3.8, 4) is 0 Å². The van der Waals surface area contributed by atoms with Crippen LogP contribution in [-0.2, 0) is 19.4 Å². The molecule has 1 atom stereocenters. The van der Waals surface area contributed by atoms with Crippen molar-refractivity contribution in [1.82, 2.24) is 0 Å². The number of nitrogens with two attached hydrogens (primary N) is 1. The minimum absolute atomic E-state index is 0.0383. The van der Waals surface area contributed by atoms with Crippen molar-refractivity contribution in [3.63, 3.8) is 0 Å². The average Bonchev–Trinajstić information content (AvgIpc) is 3.09. The third-order valence-corrected chi connectivity index (χ3v) is 5.59. The standard InChI is InChI=1S/C19H19FN4O4S/c1-11-3-8-14(29(2,27)28)9-15(11)22-19(26)16-10-17(18(21)25)24(23-16)13-6-4-12(20)5-7-13/h3-9,17H,10H2,1-2H3,(H2,21,25)(H,22,26). The molecule has 3 N–H and O–H groups in total. The molecule has 1 unspecified atom stereocenters. The fourth-order valence-electron chi connectivity index (χ4n) is 2.86. The quantitative estimate of drug-likeness (QED) is 0.764. The van der Waals surface area contributed by atoms with Gasteiger partial charge in [0.2, 0.25) is 5.91 Å². The predicted molar refractivity (Wildman–Crippen MR) is 107 cm³/mol. The van der Waals surface area contributed by atoms with Crippen molar-refractivity contribution in [1.29, 1.82) is 0 Å². The van der Waals surface area contributed by atoms with E-state index in [1.807, 2.05) is 0 Å². The van der Waals surface area contributed by atoms with Crippen LogP contribution < -0.4 is 16.1 Å². The van der Waals surface area contributed by atoms with E-state index in [-0.39, 0.29) is 17.0 Å². The maximum absolute atomic E-state index is 13.2. The Bertz CT molecular complexity index is 1110. The van der Waals surface area contributed by atoms with Crippen molar-refractivity contribution in [3.05, 3.63) is 53.8 Å². The highest BCUT2D eigenvalue weighted by atomic mass is 32.2. The van der Waals surface area contributed by atoms with E-state index in [1.165, 1.54) is 41.4 Å². The van der Waals surface area contributed by atoms with E-state index in [2.05, 4.69) is 10.4 Å². The zero-order valence-electron chi connectivity index (χ0n) is 15.7. The van der Waals surface area contributed by atoms with Gasteiger partial charge in [-0.25, -0.2) is 12.8 Å². The van der Waals surface area contributed by atoms with Gasteiger partial charge < -0.3 is 11.1 Å². The highest BCUT2D eigenvalue weighted by molar-refractivity contribution is 7.90. The summed E-state index contributed by atoms with van der Waals surface area (Å²) in [6.07, 6.45) is 1.03. The number of hydrogen-bond acceptors (Lipinski definition) is 6. The second kappa shape index (κ2) is 7.63. The highest BCUT2D eigenvalue weighted by Crippen LogP contribution is 2.26. The smallest absolute Gasteiger partial charge is 0.271 e. The number of carbonyl (C=O) groups excluding carboxylic acids is 2.